The van der Waals surface area contributed by atoms with E-state index >= 15 is 0 Å². The Morgan fingerprint density at radius 2 is 1.79 bits per heavy atom. The average molecular weight is 397 g/mol. The van der Waals surface area contributed by atoms with Gasteiger partial charge in [-0.15, -0.1) is 0 Å². The van der Waals surface area contributed by atoms with Crippen molar-refractivity contribution >= 4 is 11.9 Å². The maximum Gasteiger partial charge on any atom is 0.309 e. The van der Waals surface area contributed by atoms with Crippen molar-refractivity contribution in [2.24, 2.45) is 11.8 Å². The summed E-state index contributed by atoms with van der Waals surface area (Å²) in [6.45, 7) is 5.54. The fourth-order valence-corrected chi connectivity index (χ4v) is 4.70. The molecule has 1 N–H and O–H groups in total. The van der Waals surface area contributed by atoms with Crippen molar-refractivity contribution in [3.8, 4) is 5.69 Å². The number of nitrogens with zero attached hydrogens (tertiary/aromatic N) is 3. The first-order chi connectivity index (χ1) is 14.0. The van der Waals surface area contributed by atoms with Crippen LogP contribution in [-0.4, -0.2) is 57.5 Å². The number of carbonyl (C=O) groups excluding carboxylic acids is 1. The molecule has 2 atom stereocenters. The number of carboxylic acids is 1. The minimum absolute atomic E-state index is 0.00255. The highest BCUT2D eigenvalue weighted by atomic mass is 16.5. The molecule has 1 unspecified atom stereocenters. The van der Waals surface area contributed by atoms with Crippen LogP contribution in [-0.2, 0) is 9.53 Å². The molecule has 2 fully saturated rings. The van der Waals surface area contributed by atoms with Crippen LogP contribution in [0.1, 0.15) is 41.0 Å². The molecular formula is C22H27N3O4. The Morgan fingerprint density at radius 3 is 2.45 bits per heavy atom. The number of carbonyl (C=O) groups is 2. The van der Waals surface area contributed by atoms with Gasteiger partial charge in [-0.1, -0.05) is 18.2 Å². The summed E-state index contributed by atoms with van der Waals surface area (Å²) in [5.74, 6) is -0.999. The predicted octanol–water partition coefficient (Wildman–Crippen LogP) is 2.83. The smallest absolute Gasteiger partial charge is 0.309 e. The number of hydrogen-bond acceptors (Lipinski definition) is 4. The van der Waals surface area contributed by atoms with Gasteiger partial charge in [0.15, 0.2) is 0 Å². The molecule has 7 nitrogen and oxygen atoms in total. The Bertz CT molecular complexity index is 900. The number of piperidine rings is 1. The summed E-state index contributed by atoms with van der Waals surface area (Å²) in [5, 5.41) is 14.0. The van der Waals surface area contributed by atoms with Crippen LogP contribution < -0.4 is 0 Å². The van der Waals surface area contributed by atoms with Gasteiger partial charge in [0.25, 0.3) is 5.91 Å². The average Bonchev–Trinajstić information content (AvgIpc) is 3.33. The van der Waals surface area contributed by atoms with Crippen LogP contribution >= 0.6 is 0 Å². The Hall–Kier alpha value is -2.67. The van der Waals surface area contributed by atoms with Crippen molar-refractivity contribution in [3.63, 3.8) is 0 Å². The second-order valence-corrected chi connectivity index (χ2v) is 7.99. The van der Waals surface area contributed by atoms with Gasteiger partial charge in [-0.3, -0.25) is 9.59 Å². The number of amides is 1. The van der Waals surface area contributed by atoms with E-state index in [1.54, 1.807) is 0 Å². The first-order valence-corrected chi connectivity index (χ1v) is 10.2. The topological polar surface area (TPSA) is 84.7 Å². The van der Waals surface area contributed by atoms with E-state index in [0.29, 0.717) is 31.7 Å². The number of rotatable bonds is 4. The van der Waals surface area contributed by atoms with E-state index in [0.717, 1.165) is 29.9 Å². The minimum Gasteiger partial charge on any atom is -0.481 e. The standard InChI is InChI=1S/C22H27N3O4/c1-14-19(15(2)25(23-14)17-6-4-3-5-7-17)21(26)24-11-8-16(9-12-24)20-18(22(27)28)10-13-29-20/h3-7,16,18,20H,8-13H2,1-2H3,(H,27,28)/t18?,20-/m0/s1. The molecule has 2 aromatic rings. The number of carboxylic acid groups (broad SMARTS) is 1. The van der Waals surface area contributed by atoms with Gasteiger partial charge in [0.2, 0.25) is 0 Å². The Labute approximate surface area is 170 Å². The van der Waals surface area contributed by atoms with Crippen molar-refractivity contribution in [1.82, 2.24) is 14.7 Å². The molecule has 0 spiro atoms. The maximum absolute atomic E-state index is 13.2. The zero-order valence-electron chi connectivity index (χ0n) is 16.9. The largest absolute Gasteiger partial charge is 0.481 e. The van der Waals surface area contributed by atoms with Gasteiger partial charge < -0.3 is 14.7 Å². The third kappa shape index (κ3) is 3.67. The molecule has 4 rings (SSSR count). The number of hydrogen-bond donors (Lipinski definition) is 1. The molecule has 0 bridgehead atoms. The van der Waals surface area contributed by atoms with Gasteiger partial charge in [0, 0.05) is 19.7 Å². The normalized spacial score (nSPS) is 22.8. The van der Waals surface area contributed by atoms with Gasteiger partial charge in [0.1, 0.15) is 0 Å². The molecule has 29 heavy (non-hydrogen) atoms. The summed E-state index contributed by atoms with van der Waals surface area (Å²) in [5.41, 5.74) is 3.16. The number of ether oxygens (including phenoxy) is 1. The van der Waals surface area contributed by atoms with Crippen LogP contribution in [0.15, 0.2) is 30.3 Å². The number of aryl methyl sites for hydroxylation is 1. The Morgan fingerprint density at radius 1 is 1.10 bits per heavy atom. The van der Waals surface area contributed by atoms with Gasteiger partial charge in [-0.05, 0) is 51.2 Å². The van der Waals surface area contributed by atoms with Crippen LogP contribution in [0.5, 0.6) is 0 Å². The fraction of sp³-hybridized carbons (Fsp3) is 0.500. The van der Waals surface area contributed by atoms with Crippen LogP contribution in [0.25, 0.3) is 5.69 Å². The zero-order valence-corrected chi connectivity index (χ0v) is 16.9. The quantitative estimate of drug-likeness (QED) is 0.858. The summed E-state index contributed by atoms with van der Waals surface area (Å²) in [6.07, 6.45) is 1.89. The summed E-state index contributed by atoms with van der Waals surface area (Å²) < 4.78 is 7.56. The summed E-state index contributed by atoms with van der Waals surface area (Å²) in [4.78, 5) is 26.6. The molecule has 1 aromatic carbocycles. The second kappa shape index (κ2) is 7.99. The van der Waals surface area contributed by atoms with Crippen molar-refractivity contribution in [2.45, 2.75) is 39.2 Å². The molecule has 0 radical (unpaired) electrons. The highest BCUT2D eigenvalue weighted by Gasteiger charge is 2.41. The summed E-state index contributed by atoms with van der Waals surface area (Å²) in [7, 11) is 0. The van der Waals surface area contributed by atoms with Gasteiger partial charge in [0.05, 0.1) is 34.7 Å². The molecule has 0 aliphatic carbocycles. The van der Waals surface area contributed by atoms with E-state index in [-0.39, 0.29) is 17.9 Å². The van der Waals surface area contributed by atoms with Gasteiger partial charge >= 0.3 is 5.97 Å². The molecule has 154 valence electrons. The van der Waals surface area contributed by atoms with Crippen molar-refractivity contribution in [2.75, 3.05) is 19.7 Å². The van der Waals surface area contributed by atoms with Crippen molar-refractivity contribution in [3.05, 3.63) is 47.3 Å². The molecule has 3 heterocycles. The lowest BCUT2D eigenvalue weighted by Gasteiger charge is -2.35. The van der Waals surface area contributed by atoms with E-state index < -0.39 is 11.9 Å². The summed E-state index contributed by atoms with van der Waals surface area (Å²) >= 11 is 0. The monoisotopic (exact) mass is 397 g/mol. The lowest BCUT2D eigenvalue weighted by atomic mass is 9.84. The first-order valence-electron chi connectivity index (χ1n) is 10.2. The van der Waals surface area contributed by atoms with Gasteiger partial charge in [-0.25, -0.2) is 4.68 Å². The van der Waals surface area contributed by atoms with Gasteiger partial charge in [-0.2, -0.15) is 5.10 Å². The molecular weight excluding hydrogens is 370 g/mol. The van der Waals surface area contributed by atoms with E-state index in [1.165, 1.54) is 0 Å². The number of aromatic nitrogens is 2. The van der Waals surface area contributed by atoms with Crippen LogP contribution in [0.3, 0.4) is 0 Å². The molecule has 2 aliphatic heterocycles. The van der Waals surface area contributed by atoms with Crippen molar-refractivity contribution in [1.29, 1.82) is 0 Å². The molecule has 7 heteroatoms. The Balaban J connectivity index is 1.47. The van der Waals surface area contributed by atoms with E-state index in [2.05, 4.69) is 5.10 Å². The second-order valence-electron chi connectivity index (χ2n) is 7.99. The zero-order chi connectivity index (χ0) is 20.5. The number of para-hydroxylation sites is 1. The number of aliphatic carboxylic acids is 1. The number of likely N-dealkylation sites (tertiary alicyclic amines) is 1. The van der Waals surface area contributed by atoms with Crippen LogP contribution in [0, 0.1) is 25.7 Å². The van der Waals surface area contributed by atoms with Crippen LogP contribution in [0.2, 0.25) is 0 Å². The van der Waals surface area contributed by atoms with E-state index in [4.69, 9.17) is 4.74 Å². The lowest BCUT2D eigenvalue weighted by Crippen LogP contribution is -2.43. The third-order valence-corrected chi connectivity index (χ3v) is 6.25. The molecule has 0 saturated carbocycles. The van der Waals surface area contributed by atoms with Crippen molar-refractivity contribution < 1.29 is 19.4 Å². The molecule has 1 aromatic heterocycles. The Kier molecular flexibility index (Phi) is 5.41. The highest BCUT2D eigenvalue weighted by Crippen LogP contribution is 2.34. The fourth-order valence-electron chi connectivity index (χ4n) is 4.70. The van der Waals surface area contributed by atoms with E-state index in [1.807, 2.05) is 53.8 Å². The van der Waals surface area contributed by atoms with E-state index in [9.17, 15) is 14.7 Å². The third-order valence-electron chi connectivity index (χ3n) is 6.25. The summed E-state index contributed by atoms with van der Waals surface area (Å²) in [6, 6.07) is 9.80. The minimum atomic E-state index is -0.773. The highest BCUT2D eigenvalue weighted by molar-refractivity contribution is 5.96. The molecule has 1 amide bonds. The van der Waals surface area contributed by atoms with Crippen LogP contribution in [0.4, 0.5) is 0 Å². The SMILES string of the molecule is Cc1nn(-c2ccccc2)c(C)c1C(=O)N1CCC([C@@H]2OCCC2C(=O)O)CC1. The first kappa shape index (κ1) is 19.6. The molecule has 2 aliphatic rings. The predicted molar refractivity (Wildman–Crippen MR) is 107 cm³/mol. The number of benzene rings is 1. The molecule has 2 saturated heterocycles. The maximum atomic E-state index is 13.2. The lowest BCUT2D eigenvalue weighted by molar-refractivity contribution is -0.145.